The number of anilines is 2. The second-order valence-corrected chi connectivity index (χ2v) is 18.4. The molecule has 0 N–H and O–H groups in total. The number of rotatable bonds is 8. The first-order chi connectivity index (χ1) is 28.7. The van der Waals surface area contributed by atoms with E-state index in [1.54, 1.807) is 0 Å². The molecule has 0 aliphatic carbocycles. The summed E-state index contributed by atoms with van der Waals surface area (Å²) in [6.07, 6.45) is 6.11. The number of aromatic nitrogens is 2. The molecule has 0 unspecified atom stereocenters. The first-order valence-electron chi connectivity index (χ1n) is 20.8. The van der Waals surface area contributed by atoms with Crippen molar-refractivity contribution in [3.63, 3.8) is 0 Å². The number of fused-ring (bicyclic) bond motifs is 3. The monoisotopic (exact) mass is 978 g/mol. The molecule has 6 heteroatoms. The summed E-state index contributed by atoms with van der Waals surface area (Å²) in [6, 6.07) is 56.6. The Bertz CT molecular complexity index is 2880. The number of pyridine rings is 1. The fourth-order valence-electron chi connectivity index (χ4n) is 8.04. The Morgan fingerprint density at radius 2 is 1.21 bits per heavy atom. The molecule has 6 aromatic carbocycles. The molecule has 8 aromatic rings. The van der Waals surface area contributed by atoms with Gasteiger partial charge in [-0.3, -0.25) is 0 Å². The maximum absolute atomic E-state index is 6.75. The molecule has 1 aliphatic rings. The summed E-state index contributed by atoms with van der Waals surface area (Å²) in [7, 11) is 0. The number of hydrogen-bond acceptors (Lipinski definition) is 4. The van der Waals surface area contributed by atoms with Crippen LogP contribution < -0.4 is 14.5 Å². The van der Waals surface area contributed by atoms with Crippen LogP contribution in [0.2, 0.25) is 0 Å². The summed E-state index contributed by atoms with van der Waals surface area (Å²) in [5.41, 5.74) is 10.9. The van der Waals surface area contributed by atoms with E-state index in [-0.39, 0.29) is 37.3 Å². The Hall–Kier alpha value is -5.90. The van der Waals surface area contributed by atoms with Crippen molar-refractivity contribution >= 4 is 33.2 Å². The van der Waals surface area contributed by atoms with Gasteiger partial charge in [0.1, 0.15) is 5.82 Å². The van der Waals surface area contributed by atoms with Gasteiger partial charge in [-0.1, -0.05) is 146 Å². The third kappa shape index (κ3) is 8.29. The molecular weight excluding hydrogens is 928 g/mol. The molecule has 61 heavy (non-hydrogen) atoms. The van der Waals surface area contributed by atoms with Crippen molar-refractivity contribution in [2.45, 2.75) is 71.6 Å². The van der Waals surface area contributed by atoms with E-state index in [1.165, 1.54) is 22.3 Å². The van der Waals surface area contributed by atoms with Crippen LogP contribution >= 0.6 is 0 Å². The van der Waals surface area contributed by atoms with Crippen LogP contribution in [0.15, 0.2) is 158 Å². The molecule has 3 heterocycles. The van der Waals surface area contributed by atoms with E-state index in [9.17, 15) is 0 Å². The van der Waals surface area contributed by atoms with Gasteiger partial charge in [0.15, 0.2) is 0 Å². The average Bonchev–Trinajstić information content (AvgIpc) is 3.87. The van der Waals surface area contributed by atoms with Crippen LogP contribution in [0, 0.1) is 18.8 Å². The van der Waals surface area contributed by atoms with Gasteiger partial charge in [0.2, 0.25) is 0 Å². The Labute approximate surface area is 375 Å². The Kier molecular flexibility index (Phi) is 11.1. The van der Waals surface area contributed by atoms with E-state index in [2.05, 4.69) is 228 Å². The van der Waals surface area contributed by atoms with Gasteiger partial charge >= 0.3 is 0 Å². The van der Waals surface area contributed by atoms with Crippen LogP contribution in [0.3, 0.4) is 0 Å². The summed E-state index contributed by atoms with van der Waals surface area (Å²) in [5.74, 6) is 2.05. The molecule has 5 nitrogen and oxygen atoms in total. The normalized spacial score (nSPS) is 13.2. The first kappa shape index (κ1) is 41.8. The first-order valence-corrected chi connectivity index (χ1v) is 20.8. The van der Waals surface area contributed by atoms with Crippen LogP contribution in [0.5, 0.6) is 11.5 Å². The molecule has 0 saturated heterocycles. The number of para-hydroxylation sites is 1. The van der Waals surface area contributed by atoms with E-state index in [1.807, 2.05) is 18.3 Å². The summed E-state index contributed by atoms with van der Waals surface area (Å²) in [6.45, 7) is 20.3. The van der Waals surface area contributed by atoms with E-state index < -0.39 is 0 Å². The number of benzene rings is 6. The van der Waals surface area contributed by atoms with Gasteiger partial charge in [-0.15, -0.1) is 53.6 Å². The third-order valence-corrected chi connectivity index (χ3v) is 11.8. The quantitative estimate of drug-likeness (QED) is 0.142. The van der Waals surface area contributed by atoms with Crippen molar-refractivity contribution < 1.29 is 25.8 Å². The van der Waals surface area contributed by atoms with Crippen LogP contribution in [-0.2, 0) is 37.3 Å². The van der Waals surface area contributed by atoms with E-state index in [0.29, 0.717) is 11.5 Å². The zero-order chi connectivity index (χ0) is 41.8. The van der Waals surface area contributed by atoms with E-state index in [0.717, 1.165) is 50.1 Å². The molecule has 0 radical (unpaired) electrons. The second kappa shape index (κ2) is 16.2. The van der Waals surface area contributed by atoms with Crippen molar-refractivity contribution in [3.8, 4) is 28.4 Å². The second-order valence-electron chi connectivity index (χ2n) is 18.4. The summed E-state index contributed by atoms with van der Waals surface area (Å²) in [4.78, 5) is 9.18. The van der Waals surface area contributed by atoms with Gasteiger partial charge in [0, 0.05) is 55.4 Å². The summed E-state index contributed by atoms with van der Waals surface area (Å²) < 4.78 is 8.95. The van der Waals surface area contributed by atoms with Crippen LogP contribution in [0.1, 0.15) is 77.6 Å². The smallest absolute Gasteiger partial charge is 0.135 e. The van der Waals surface area contributed by atoms with Gasteiger partial charge in [-0.2, -0.15) is 6.07 Å². The van der Waals surface area contributed by atoms with Crippen LogP contribution in [-0.4, -0.2) is 9.55 Å². The Morgan fingerprint density at radius 1 is 0.541 bits per heavy atom. The topological polar surface area (TPSA) is 33.5 Å². The summed E-state index contributed by atoms with van der Waals surface area (Å²) >= 11 is 0. The Morgan fingerprint density at radius 3 is 1.95 bits per heavy atom. The van der Waals surface area contributed by atoms with Crippen molar-refractivity contribution in [2.24, 2.45) is 0 Å². The van der Waals surface area contributed by atoms with Crippen molar-refractivity contribution in [1.82, 2.24) is 9.55 Å². The summed E-state index contributed by atoms with van der Waals surface area (Å²) in [5, 5.41) is 2.23. The minimum Gasteiger partial charge on any atom is -0.509 e. The zero-order valence-corrected chi connectivity index (χ0v) is 38.4. The fraction of sp³-hybridized carbons (Fsp3) is 0.200. The minimum atomic E-state index is -0.189. The molecule has 0 spiro atoms. The van der Waals surface area contributed by atoms with Crippen molar-refractivity contribution in [3.05, 3.63) is 199 Å². The predicted molar refractivity (Wildman–Crippen MR) is 249 cm³/mol. The average molecular weight is 979 g/mol. The molecule has 1 aliphatic heterocycles. The molecule has 0 fully saturated rings. The van der Waals surface area contributed by atoms with Gasteiger partial charge in [0.25, 0.3) is 0 Å². The molecule has 0 atom stereocenters. The fourth-order valence-corrected chi connectivity index (χ4v) is 8.04. The van der Waals surface area contributed by atoms with Gasteiger partial charge in [-0.25, -0.2) is 4.98 Å². The Balaban J connectivity index is 0.00000514. The maximum atomic E-state index is 6.75. The molecule has 9 rings (SSSR count). The van der Waals surface area contributed by atoms with Crippen LogP contribution in [0.25, 0.3) is 38.8 Å². The van der Waals surface area contributed by atoms with Gasteiger partial charge in [-0.05, 0) is 86.8 Å². The number of ether oxygens (including phenoxy) is 1. The number of nitrogens with zero attached hydrogens (tertiary/aromatic N) is 4. The maximum Gasteiger partial charge on any atom is 0.135 e. The molecule has 0 saturated carbocycles. The molecule has 310 valence electrons. The molecule has 2 aromatic heterocycles. The van der Waals surface area contributed by atoms with E-state index >= 15 is 0 Å². The van der Waals surface area contributed by atoms with Crippen LogP contribution in [0.4, 0.5) is 11.4 Å². The zero-order valence-electron chi connectivity index (χ0n) is 36.1. The largest absolute Gasteiger partial charge is 0.509 e. The van der Waals surface area contributed by atoms with Crippen molar-refractivity contribution in [2.75, 3.05) is 9.80 Å². The van der Waals surface area contributed by atoms with Crippen molar-refractivity contribution in [1.29, 1.82) is 0 Å². The van der Waals surface area contributed by atoms with Gasteiger partial charge < -0.3 is 19.1 Å². The minimum absolute atomic E-state index is 0. The SMILES string of the molecule is CC(C)(C)c1cc(N2C=CN(c3[c-]c(Oc4[c-]c5c(cc4)c4ccccc4n5-c4cc(C(C)(C)C)ccn4)cc(-c4ccccc4)c3)[CH-]2)cc(C(C)(C)c2ccccc2)c1.[Pt]. The number of hydrogen-bond donors (Lipinski definition) is 0. The standard InChI is InChI=1S/C55H51N4O.Pt/c1-53(2,3)41-25-26-56-52(34-41)59-50-22-16-15-21-48(50)49-24-23-46(36-51(49)59)60-47-30-39(38-17-11-9-12-18-38)29-44(35-47)57-27-28-58(37-57)45-32-42(54(4,5)6)31-43(33-45)55(7,8)40-19-13-10-14-20-40;/h9-34,37H,1-8H3;/q-3;. The third-order valence-electron chi connectivity index (χ3n) is 11.8. The van der Waals surface area contributed by atoms with Gasteiger partial charge in [0.05, 0.1) is 0 Å². The molecular formula is C55H51N4OPt-3. The molecule has 0 bridgehead atoms. The van der Waals surface area contributed by atoms with E-state index in [4.69, 9.17) is 9.72 Å². The predicted octanol–water partition coefficient (Wildman–Crippen LogP) is 14.1. The molecule has 0 amide bonds.